The normalized spacial score (nSPS) is 17.6. The van der Waals surface area contributed by atoms with Crippen LogP contribution in [0.1, 0.15) is 41.9 Å². The average molecular weight is 514 g/mol. The number of benzene rings is 3. The molecular formula is C29H34Cl2N2O2. The topological polar surface area (TPSA) is 55.7 Å². The molecule has 6 heteroatoms. The highest BCUT2D eigenvalue weighted by molar-refractivity contribution is 6.42. The number of halogens is 2. The summed E-state index contributed by atoms with van der Waals surface area (Å²) in [5.74, 6) is -0.101. The quantitative estimate of drug-likeness (QED) is 0.318. The predicted octanol–water partition coefficient (Wildman–Crippen LogP) is 6.23. The van der Waals surface area contributed by atoms with Crippen molar-refractivity contribution in [1.82, 2.24) is 4.90 Å². The Hall–Kier alpha value is -2.08. The number of para-hydroxylation sites is 1. The fourth-order valence-electron chi connectivity index (χ4n) is 4.96. The first-order valence-electron chi connectivity index (χ1n) is 12.3. The fourth-order valence-corrected chi connectivity index (χ4v) is 5.26. The molecule has 0 spiro atoms. The summed E-state index contributed by atoms with van der Waals surface area (Å²) in [7, 11) is 0. The van der Waals surface area contributed by atoms with E-state index in [2.05, 4.69) is 23.2 Å². The lowest BCUT2D eigenvalue weighted by molar-refractivity contribution is -0.0270. The Morgan fingerprint density at radius 1 is 0.943 bits per heavy atom. The van der Waals surface area contributed by atoms with Crippen LogP contribution in [0.4, 0.5) is 5.69 Å². The van der Waals surface area contributed by atoms with E-state index >= 15 is 0 Å². The van der Waals surface area contributed by atoms with Crippen molar-refractivity contribution in [2.24, 2.45) is 0 Å². The lowest BCUT2D eigenvalue weighted by Gasteiger charge is -2.39. The van der Waals surface area contributed by atoms with Gasteiger partial charge in [0.2, 0.25) is 0 Å². The molecule has 1 saturated heterocycles. The number of hydrogen-bond donors (Lipinski definition) is 3. The van der Waals surface area contributed by atoms with Crippen molar-refractivity contribution in [2.45, 2.75) is 43.8 Å². The molecule has 3 N–H and O–H groups in total. The minimum absolute atomic E-state index is 0.101. The second-order valence-corrected chi connectivity index (χ2v) is 10.4. The second kappa shape index (κ2) is 11.8. The van der Waals surface area contributed by atoms with Gasteiger partial charge in [-0.3, -0.25) is 0 Å². The van der Waals surface area contributed by atoms with Crippen molar-refractivity contribution in [3.8, 4) is 0 Å². The summed E-state index contributed by atoms with van der Waals surface area (Å²) in [6, 6.07) is 23.7. The van der Waals surface area contributed by atoms with Gasteiger partial charge in [0.15, 0.2) is 0 Å². The molecule has 4 rings (SSSR count). The molecule has 0 amide bonds. The first-order chi connectivity index (χ1) is 16.9. The number of nitrogens with zero attached hydrogens (tertiary/aromatic N) is 1. The minimum atomic E-state index is -0.766. The highest BCUT2D eigenvalue weighted by Gasteiger charge is 2.34. The third kappa shape index (κ3) is 6.58. The Balaban J connectivity index is 1.41. The van der Waals surface area contributed by atoms with Gasteiger partial charge in [-0.2, -0.15) is 0 Å². The van der Waals surface area contributed by atoms with Gasteiger partial charge in [0.25, 0.3) is 0 Å². The number of anilines is 1. The van der Waals surface area contributed by atoms with Gasteiger partial charge in [0.1, 0.15) is 0 Å². The standard InChI is InChI=1S/C29H34Cl2N2O2/c1-21-7-5-6-10-27(21)32-20-28(34)24(22-11-12-25(30)26(31)19-22)13-16-33-17-14-29(35,15-18-33)23-8-3-2-4-9-23/h2-12,19,24,28,32,34-35H,13-18,20H2,1H3. The summed E-state index contributed by atoms with van der Waals surface area (Å²) in [6.45, 7) is 4.95. The Morgan fingerprint density at radius 2 is 1.63 bits per heavy atom. The van der Waals surface area contributed by atoms with Crippen LogP contribution >= 0.6 is 23.2 Å². The fraction of sp³-hybridized carbons (Fsp3) is 0.379. The Labute approximate surface area is 218 Å². The van der Waals surface area contributed by atoms with Gasteiger partial charge < -0.3 is 20.4 Å². The predicted molar refractivity (Wildman–Crippen MR) is 146 cm³/mol. The zero-order valence-corrected chi connectivity index (χ0v) is 21.6. The number of nitrogens with one attached hydrogen (secondary N) is 1. The molecule has 3 aromatic carbocycles. The van der Waals surface area contributed by atoms with Crippen LogP contribution in [-0.2, 0) is 5.60 Å². The van der Waals surface area contributed by atoms with Gasteiger partial charge in [-0.05, 0) is 67.6 Å². The Morgan fingerprint density at radius 3 is 2.31 bits per heavy atom. The number of aliphatic hydroxyl groups excluding tert-OH is 1. The van der Waals surface area contributed by atoms with Crippen molar-refractivity contribution in [3.05, 3.63) is 99.5 Å². The molecule has 4 nitrogen and oxygen atoms in total. The van der Waals surface area contributed by atoms with Crippen LogP contribution in [0, 0.1) is 6.92 Å². The maximum absolute atomic E-state index is 11.2. The van der Waals surface area contributed by atoms with Crippen molar-refractivity contribution in [2.75, 3.05) is 31.5 Å². The van der Waals surface area contributed by atoms with Crippen LogP contribution < -0.4 is 5.32 Å². The van der Waals surface area contributed by atoms with E-state index < -0.39 is 11.7 Å². The highest BCUT2D eigenvalue weighted by atomic mass is 35.5. The maximum atomic E-state index is 11.2. The van der Waals surface area contributed by atoms with E-state index in [1.807, 2.05) is 60.7 Å². The number of piperidine rings is 1. The number of aliphatic hydroxyl groups is 2. The van der Waals surface area contributed by atoms with Crippen molar-refractivity contribution >= 4 is 28.9 Å². The monoisotopic (exact) mass is 512 g/mol. The average Bonchev–Trinajstić information content (AvgIpc) is 2.87. The second-order valence-electron chi connectivity index (χ2n) is 9.57. The summed E-state index contributed by atoms with van der Waals surface area (Å²) in [5.41, 5.74) is 3.38. The first-order valence-corrected chi connectivity index (χ1v) is 13.0. The molecule has 0 aliphatic carbocycles. The zero-order chi connectivity index (χ0) is 24.8. The van der Waals surface area contributed by atoms with Crippen LogP contribution in [0.5, 0.6) is 0 Å². The lowest BCUT2D eigenvalue weighted by atomic mass is 9.84. The SMILES string of the molecule is Cc1ccccc1NCC(O)C(CCN1CCC(O)(c2ccccc2)CC1)c1ccc(Cl)c(Cl)c1. The molecule has 0 radical (unpaired) electrons. The summed E-state index contributed by atoms with van der Waals surface area (Å²) in [4.78, 5) is 2.38. The Kier molecular flexibility index (Phi) is 8.74. The van der Waals surface area contributed by atoms with Crippen LogP contribution in [0.15, 0.2) is 72.8 Å². The van der Waals surface area contributed by atoms with E-state index in [0.717, 1.165) is 48.4 Å². The molecule has 1 fully saturated rings. The minimum Gasteiger partial charge on any atom is -0.391 e. The molecule has 1 aliphatic heterocycles. The van der Waals surface area contributed by atoms with Crippen molar-refractivity contribution in [1.29, 1.82) is 0 Å². The van der Waals surface area contributed by atoms with Gasteiger partial charge in [-0.15, -0.1) is 0 Å². The molecule has 2 atom stereocenters. The van der Waals surface area contributed by atoms with Crippen molar-refractivity contribution < 1.29 is 10.2 Å². The van der Waals surface area contributed by atoms with Gasteiger partial charge in [0, 0.05) is 31.2 Å². The van der Waals surface area contributed by atoms with E-state index in [1.54, 1.807) is 6.07 Å². The number of hydrogen-bond acceptors (Lipinski definition) is 4. The summed E-state index contributed by atoms with van der Waals surface area (Å²) >= 11 is 12.5. The summed E-state index contributed by atoms with van der Waals surface area (Å²) in [6.07, 6.45) is 1.58. The van der Waals surface area contributed by atoms with E-state index in [-0.39, 0.29) is 5.92 Å². The van der Waals surface area contributed by atoms with E-state index in [1.165, 1.54) is 0 Å². The molecule has 2 unspecified atom stereocenters. The van der Waals surface area contributed by atoms with Crippen molar-refractivity contribution in [3.63, 3.8) is 0 Å². The number of likely N-dealkylation sites (tertiary alicyclic amines) is 1. The van der Waals surface area contributed by atoms with E-state index in [4.69, 9.17) is 23.2 Å². The van der Waals surface area contributed by atoms with Crippen LogP contribution in [0.2, 0.25) is 10.0 Å². The molecule has 0 bridgehead atoms. The molecule has 186 valence electrons. The molecule has 1 heterocycles. The smallest absolute Gasteiger partial charge is 0.0920 e. The van der Waals surface area contributed by atoms with Gasteiger partial charge >= 0.3 is 0 Å². The summed E-state index contributed by atoms with van der Waals surface area (Å²) < 4.78 is 0. The summed E-state index contributed by atoms with van der Waals surface area (Å²) in [5, 5.41) is 26.8. The van der Waals surface area contributed by atoms with Gasteiger partial charge in [0.05, 0.1) is 21.8 Å². The third-order valence-electron chi connectivity index (χ3n) is 7.23. The highest BCUT2D eigenvalue weighted by Crippen LogP contribution is 2.34. The van der Waals surface area contributed by atoms with E-state index in [0.29, 0.717) is 29.4 Å². The molecule has 0 saturated carbocycles. The maximum Gasteiger partial charge on any atom is 0.0920 e. The molecule has 35 heavy (non-hydrogen) atoms. The molecule has 3 aromatic rings. The number of aryl methyl sites for hydroxylation is 1. The van der Waals surface area contributed by atoms with Crippen LogP contribution in [-0.4, -0.2) is 47.4 Å². The lowest BCUT2D eigenvalue weighted by Crippen LogP contribution is -2.43. The largest absolute Gasteiger partial charge is 0.391 e. The van der Waals surface area contributed by atoms with E-state index in [9.17, 15) is 10.2 Å². The molecular weight excluding hydrogens is 479 g/mol. The van der Waals surface area contributed by atoms with Gasteiger partial charge in [-0.1, -0.05) is 77.8 Å². The van der Waals surface area contributed by atoms with Crippen LogP contribution in [0.3, 0.4) is 0 Å². The van der Waals surface area contributed by atoms with Gasteiger partial charge in [-0.25, -0.2) is 0 Å². The first kappa shape index (κ1) is 26.0. The number of rotatable bonds is 9. The molecule has 0 aromatic heterocycles. The zero-order valence-electron chi connectivity index (χ0n) is 20.1. The molecule has 1 aliphatic rings. The third-order valence-corrected chi connectivity index (χ3v) is 7.97. The Bertz CT molecular complexity index is 1100. The van der Waals surface area contributed by atoms with Crippen LogP contribution in [0.25, 0.3) is 0 Å².